The summed E-state index contributed by atoms with van der Waals surface area (Å²) in [7, 11) is 0. The predicted molar refractivity (Wildman–Crippen MR) is 142 cm³/mol. The average Bonchev–Trinajstić information content (AvgIpc) is 3.19. The third-order valence-corrected chi connectivity index (χ3v) is 6.75. The van der Waals surface area contributed by atoms with Crippen LogP contribution in [0.5, 0.6) is 0 Å². The highest BCUT2D eigenvalue weighted by Gasteiger charge is 2.32. The number of hydrogen-bond acceptors (Lipinski definition) is 4. The number of carbonyl (C=O) groups is 1. The molecule has 172 valence electrons. The Kier molecular flexibility index (Phi) is 6.37. The molecule has 5 rings (SSSR count). The zero-order chi connectivity index (χ0) is 24.2. The van der Waals surface area contributed by atoms with Crippen LogP contribution in [0.25, 0.3) is 12.2 Å². The van der Waals surface area contributed by atoms with E-state index < -0.39 is 6.04 Å². The van der Waals surface area contributed by atoms with E-state index in [0.29, 0.717) is 26.3 Å². The van der Waals surface area contributed by atoms with E-state index in [0.717, 1.165) is 11.1 Å². The molecule has 5 nitrogen and oxygen atoms in total. The molecule has 0 bridgehead atoms. The predicted octanol–water partition coefficient (Wildman–Crippen LogP) is 4.54. The molecular weight excluding hydrogens is 454 g/mol. The van der Waals surface area contributed by atoms with Gasteiger partial charge in [-0.25, -0.2) is 4.99 Å². The van der Waals surface area contributed by atoms with Crippen LogP contribution in [-0.2, 0) is 4.79 Å². The number of rotatable bonds is 5. The molecular formula is C29H23N3O2S. The molecule has 0 saturated heterocycles. The number of amides is 1. The standard InChI is InChI=1S/C29H23N3O2S/c1-20-25(27(33)31-23-17-9-4-10-18-23)26(22-15-7-3-8-16-22)32-28(34)24(35-29(32)30-20)19-11-14-21-12-5-2-6-13-21/h2-19,26H,1H3,(H,31,33)/b14-11-,24-19?/t26-/m1/s1. The summed E-state index contributed by atoms with van der Waals surface area (Å²) >= 11 is 1.33. The quantitative estimate of drug-likeness (QED) is 0.459. The fraction of sp³-hybridized carbons (Fsp3) is 0.0690. The summed E-state index contributed by atoms with van der Waals surface area (Å²) in [6.45, 7) is 1.82. The normalized spacial score (nSPS) is 15.7. The second-order valence-corrected chi connectivity index (χ2v) is 9.11. The van der Waals surface area contributed by atoms with Gasteiger partial charge in [0.2, 0.25) is 0 Å². The first kappa shape index (κ1) is 22.5. The lowest BCUT2D eigenvalue weighted by atomic mass is 9.95. The van der Waals surface area contributed by atoms with Crippen LogP contribution in [0, 0.1) is 0 Å². The van der Waals surface area contributed by atoms with E-state index in [2.05, 4.69) is 10.3 Å². The van der Waals surface area contributed by atoms with E-state index in [-0.39, 0.29) is 11.5 Å². The average molecular weight is 478 g/mol. The minimum atomic E-state index is -0.573. The number of allylic oxidation sites excluding steroid dienone is 2. The Morgan fingerprint density at radius 2 is 1.57 bits per heavy atom. The maximum absolute atomic E-state index is 13.6. The van der Waals surface area contributed by atoms with Crippen LogP contribution < -0.4 is 20.2 Å². The molecule has 0 fully saturated rings. The summed E-state index contributed by atoms with van der Waals surface area (Å²) < 4.78 is 2.20. The van der Waals surface area contributed by atoms with Crippen LogP contribution in [0.2, 0.25) is 0 Å². The topological polar surface area (TPSA) is 63.5 Å². The number of fused-ring (bicyclic) bond motifs is 1. The Hall–Kier alpha value is -4.29. The highest BCUT2D eigenvalue weighted by Crippen LogP contribution is 2.30. The molecule has 3 aromatic carbocycles. The smallest absolute Gasteiger partial charge is 0.271 e. The first-order valence-corrected chi connectivity index (χ1v) is 12.1. The van der Waals surface area contributed by atoms with Gasteiger partial charge in [-0.15, -0.1) is 0 Å². The second kappa shape index (κ2) is 9.91. The Bertz CT molecular complexity index is 1600. The number of para-hydroxylation sites is 1. The Morgan fingerprint density at radius 1 is 0.943 bits per heavy atom. The number of thiazole rings is 1. The van der Waals surface area contributed by atoms with E-state index in [4.69, 9.17) is 0 Å². The van der Waals surface area contributed by atoms with Crippen molar-refractivity contribution in [2.45, 2.75) is 13.0 Å². The van der Waals surface area contributed by atoms with Gasteiger partial charge in [0.05, 0.1) is 21.8 Å². The van der Waals surface area contributed by atoms with Crippen molar-refractivity contribution >= 4 is 35.1 Å². The number of hydrogen-bond donors (Lipinski definition) is 1. The second-order valence-electron chi connectivity index (χ2n) is 8.10. The largest absolute Gasteiger partial charge is 0.322 e. The van der Waals surface area contributed by atoms with Crippen LogP contribution in [0.4, 0.5) is 5.69 Å². The van der Waals surface area contributed by atoms with Gasteiger partial charge in [0.15, 0.2) is 4.80 Å². The van der Waals surface area contributed by atoms with Gasteiger partial charge in [-0.2, -0.15) is 0 Å². The lowest BCUT2D eigenvalue weighted by molar-refractivity contribution is -0.113. The molecule has 6 heteroatoms. The number of nitrogens with zero attached hydrogens (tertiary/aromatic N) is 2. The first-order chi connectivity index (χ1) is 17.1. The van der Waals surface area contributed by atoms with Crippen molar-refractivity contribution in [3.8, 4) is 0 Å². The highest BCUT2D eigenvalue weighted by molar-refractivity contribution is 7.07. The summed E-state index contributed by atoms with van der Waals surface area (Å²) in [6, 6.07) is 28.2. The van der Waals surface area contributed by atoms with Gasteiger partial charge in [-0.3, -0.25) is 14.2 Å². The third-order valence-electron chi connectivity index (χ3n) is 5.75. The van der Waals surface area contributed by atoms with Crippen molar-refractivity contribution in [3.63, 3.8) is 0 Å². The van der Waals surface area contributed by atoms with Gasteiger partial charge in [-0.05, 0) is 36.3 Å². The Balaban J connectivity index is 1.60. The minimum absolute atomic E-state index is 0.169. The van der Waals surface area contributed by atoms with Crippen molar-refractivity contribution in [1.29, 1.82) is 0 Å². The molecule has 1 aromatic heterocycles. The zero-order valence-corrected chi connectivity index (χ0v) is 19.9. The van der Waals surface area contributed by atoms with Crippen molar-refractivity contribution in [1.82, 2.24) is 4.57 Å². The lowest BCUT2D eigenvalue weighted by Gasteiger charge is -2.25. The third kappa shape index (κ3) is 4.69. The number of carbonyl (C=O) groups excluding carboxylic acids is 1. The number of anilines is 1. The monoisotopic (exact) mass is 477 g/mol. The number of benzene rings is 3. The molecule has 0 aliphatic carbocycles. The van der Waals surface area contributed by atoms with Gasteiger partial charge in [0.1, 0.15) is 0 Å². The zero-order valence-electron chi connectivity index (χ0n) is 19.1. The lowest BCUT2D eigenvalue weighted by Crippen LogP contribution is -2.40. The molecule has 4 aromatic rings. The molecule has 0 radical (unpaired) electrons. The van der Waals surface area contributed by atoms with E-state index in [1.807, 2.05) is 116 Å². The van der Waals surface area contributed by atoms with E-state index >= 15 is 0 Å². The van der Waals surface area contributed by atoms with Gasteiger partial charge in [0.25, 0.3) is 11.5 Å². The van der Waals surface area contributed by atoms with Gasteiger partial charge in [0, 0.05) is 5.69 Å². The Morgan fingerprint density at radius 3 is 2.26 bits per heavy atom. The van der Waals surface area contributed by atoms with Crippen LogP contribution in [0.3, 0.4) is 0 Å². The molecule has 0 spiro atoms. The van der Waals surface area contributed by atoms with E-state index in [1.54, 1.807) is 4.57 Å². The van der Waals surface area contributed by atoms with Crippen molar-refractivity contribution < 1.29 is 4.79 Å². The summed E-state index contributed by atoms with van der Waals surface area (Å²) in [5, 5.41) is 2.96. The number of nitrogens with one attached hydrogen (secondary N) is 1. The fourth-order valence-corrected chi connectivity index (χ4v) is 5.11. The van der Waals surface area contributed by atoms with Crippen LogP contribution in [0.1, 0.15) is 24.1 Å². The van der Waals surface area contributed by atoms with Crippen molar-refractivity contribution in [3.05, 3.63) is 139 Å². The van der Waals surface area contributed by atoms with Crippen LogP contribution in [-0.4, -0.2) is 10.5 Å². The van der Waals surface area contributed by atoms with E-state index in [9.17, 15) is 9.59 Å². The molecule has 1 amide bonds. The first-order valence-electron chi connectivity index (χ1n) is 11.3. The summed E-state index contributed by atoms with van der Waals surface area (Å²) in [6.07, 6.45) is 5.63. The molecule has 1 atom stereocenters. The summed E-state index contributed by atoms with van der Waals surface area (Å²) in [5.41, 5.74) is 3.48. The molecule has 0 saturated carbocycles. The van der Waals surface area contributed by atoms with Gasteiger partial charge in [-0.1, -0.05) is 102 Å². The van der Waals surface area contributed by atoms with Crippen LogP contribution in [0.15, 0.2) is 118 Å². The molecule has 1 N–H and O–H groups in total. The fourth-order valence-electron chi connectivity index (χ4n) is 4.11. The molecule has 1 aliphatic heterocycles. The Labute approximate surface area is 206 Å². The van der Waals surface area contributed by atoms with Gasteiger partial charge >= 0.3 is 0 Å². The summed E-state index contributed by atoms with van der Waals surface area (Å²) in [5.74, 6) is -0.274. The van der Waals surface area contributed by atoms with E-state index in [1.165, 1.54) is 11.3 Å². The summed E-state index contributed by atoms with van der Waals surface area (Å²) in [4.78, 5) is 32.3. The maximum Gasteiger partial charge on any atom is 0.271 e. The maximum atomic E-state index is 13.6. The van der Waals surface area contributed by atoms with Crippen molar-refractivity contribution in [2.75, 3.05) is 5.32 Å². The molecule has 1 aliphatic rings. The minimum Gasteiger partial charge on any atom is -0.322 e. The molecule has 0 unspecified atom stereocenters. The molecule has 35 heavy (non-hydrogen) atoms. The number of aromatic nitrogens is 1. The van der Waals surface area contributed by atoms with Gasteiger partial charge < -0.3 is 5.32 Å². The van der Waals surface area contributed by atoms with Crippen LogP contribution >= 0.6 is 11.3 Å². The highest BCUT2D eigenvalue weighted by atomic mass is 32.1. The van der Waals surface area contributed by atoms with Crippen molar-refractivity contribution in [2.24, 2.45) is 4.99 Å². The SMILES string of the molecule is CC1=C(C(=O)Nc2ccccc2)[C@@H](c2ccccc2)n2c(sc(=C/C=C\c3ccccc3)c2=O)=N1. The molecule has 2 heterocycles.